The standard InChI is InChI=1S/C12H14F3NO/c13-12(14,15)10-5-9(6-11(17)7-10)8-1-3-16-4-2-8/h5-8,16-17H,1-4H2. The molecule has 17 heavy (non-hydrogen) atoms. The van der Waals surface area contributed by atoms with Gasteiger partial charge in [0.25, 0.3) is 0 Å². The second-order valence-corrected chi connectivity index (χ2v) is 4.34. The molecule has 1 heterocycles. The Bertz CT molecular complexity index is 397. The van der Waals surface area contributed by atoms with E-state index in [4.69, 9.17) is 0 Å². The fraction of sp³-hybridized carbons (Fsp3) is 0.500. The molecule has 5 heteroatoms. The average molecular weight is 245 g/mol. The Morgan fingerprint density at radius 1 is 1.12 bits per heavy atom. The summed E-state index contributed by atoms with van der Waals surface area (Å²) in [6.07, 6.45) is -2.79. The van der Waals surface area contributed by atoms with Crippen molar-refractivity contribution in [3.63, 3.8) is 0 Å². The van der Waals surface area contributed by atoms with Crippen LogP contribution in [0.5, 0.6) is 5.75 Å². The van der Waals surface area contributed by atoms with Crippen LogP contribution in [0.3, 0.4) is 0 Å². The molecule has 1 aliphatic heterocycles. The lowest BCUT2D eigenvalue weighted by Crippen LogP contribution is -2.26. The number of phenols is 1. The third-order valence-corrected chi connectivity index (χ3v) is 3.08. The molecule has 0 atom stereocenters. The van der Waals surface area contributed by atoms with Crippen molar-refractivity contribution in [3.05, 3.63) is 29.3 Å². The molecule has 1 saturated heterocycles. The number of alkyl halides is 3. The van der Waals surface area contributed by atoms with Crippen LogP contribution in [0.4, 0.5) is 13.2 Å². The highest BCUT2D eigenvalue weighted by Crippen LogP contribution is 2.35. The Labute approximate surface area is 97.5 Å². The number of piperidine rings is 1. The number of nitrogens with one attached hydrogen (secondary N) is 1. The van der Waals surface area contributed by atoms with E-state index in [1.165, 1.54) is 6.07 Å². The van der Waals surface area contributed by atoms with Crippen molar-refractivity contribution in [1.82, 2.24) is 5.32 Å². The lowest BCUT2D eigenvalue weighted by Gasteiger charge is -2.23. The second-order valence-electron chi connectivity index (χ2n) is 4.34. The summed E-state index contributed by atoms with van der Waals surface area (Å²) < 4.78 is 37.8. The first-order valence-corrected chi connectivity index (χ1v) is 5.58. The molecule has 2 N–H and O–H groups in total. The maximum Gasteiger partial charge on any atom is 0.416 e. The Morgan fingerprint density at radius 2 is 1.76 bits per heavy atom. The summed E-state index contributed by atoms with van der Waals surface area (Å²) >= 11 is 0. The van der Waals surface area contributed by atoms with Gasteiger partial charge in [0.05, 0.1) is 5.56 Å². The lowest BCUT2D eigenvalue weighted by atomic mass is 9.89. The van der Waals surface area contributed by atoms with Gasteiger partial charge in [0.2, 0.25) is 0 Å². The fourth-order valence-corrected chi connectivity index (χ4v) is 2.19. The molecule has 2 nitrogen and oxygen atoms in total. The van der Waals surface area contributed by atoms with E-state index in [0.29, 0.717) is 5.56 Å². The summed E-state index contributed by atoms with van der Waals surface area (Å²) in [7, 11) is 0. The molecule has 94 valence electrons. The highest BCUT2D eigenvalue weighted by atomic mass is 19.4. The van der Waals surface area contributed by atoms with Gasteiger partial charge >= 0.3 is 6.18 Å². The Balaban J connectivity index is 2.31. The third kappa shape index (κ3) is 2.91. The molecule has 2 rings (SSSR count). The monoisotopic (exact) mass is 245 g/mol. The first kappa shape index (κ1) is 12.2. The Hall–Kier alpha value is -1.23. The van der Waals surface area contributed by atoms with E-state index in [9.17, 15) is 18.3 Å². The van der Waals surface area contributed by atoms with Gasteiger partial charge < -0.3 is 10.4 Å². The number of rotatable bonds is 1. The minimum Gasteiger partial charge on any atom is -0.508 e. The van der Waals surface area contributed by atoms with Gasteiger partial charge in [-0.25, -0.2) is 0 Å². The zero-order valence-electron chi connectivity index (χ0n) is 9.22. The first-order valence-electron chi connectivity index (χ1n) is 5.58. The van der Waals surface area contributed by atoms with Crippen molar-refractivity contribution >= 4 is 0 Å². The van der Waals surface area contributed by atoms with Gasteiger partial charge in [-0.3, -0.25) is 0 Å². The highest BCUT2D eigenvalue weighted by Gasteiger charge is 2.32. The van der Waals surface area contributed by atoms with Crippen molar-refractivity contribution in [2.45, 2.75) is 24.9 Å². The van der Waals surface area contributed by atoms with Crippen LogP contribution < -0.4 is 5.32 Å². The van der Waals surface area contributed by atoms with Crippen molar-refractivity contribution in [2.24, 2.45) is 0 Å². The van der Waals surface area contributed by atoms with Gasteiger partial charge in [0.1, 0.15) is 5.75 Å². The maximum atomic E-state index is 12.6. The van der Waals surface area contributed by atoms with E-state index < -0.39 is 11.7 Å². The van der Waals surface area contributed by atoms with E-state index in [1.54, 1.807) is 0 Å². The SMILES string of the molecule is Oc1cc(C2CCNCC2)cc(C(F)(F)F)c1. The van der Waals surface area contributed by atoms with E-state index in [1.807, 2.05) is 0 Å². The predicted molar refractivity (Wildman–Crippen MR) is 58.0 cm³/mol. The fourth-order valence-electron chi connectivity index (χ4n) is 2.19. The van der Waals surface area contributed by atoms with E-state index in [-0.39, 0.29) is 11.7 Å². The molecule has 0 radical (unpaired) electrons. The number of hydrogen-bond donors (Lipinski definition) is 2. The zero-order chi connectivity index (χ0) is 12.5. The van der Waals surface area contributed by atoms with E-state index in [2.05, 4.69) is 5.32 Å². The van der Waals surface area contributed by atoms with Gasteiger partial charge in [-0.2, -0.15) is 13.2 Å². The molecular formula is C12H14F3NO. The minimum atomic E-state index is -4.40. The van der Waals surface area contributed by atoms with E-state index >= 15 is 0 Å². The van der Waals surface area contributed by atoms with Crippen LogP contribution in [0.2, 0.25) is 0 Å². The second kappa shape index (κ2) is 4.56. The molecule has 1 aromatic rings. The van der Waals surface area contributed by atoms with E-state index in [0.717, 1.165) is 38.1 Å². The Morgan fingerprint density at radius 3 is 2.35 bits per heavy atom. The molecule has 1 aliphatic rings. The van der Waals surface area contributed by atoms with Crippen molar-refractivity contribution in [2.75, 3.05) is 13.1 Å². The number of halogens is 3. The molecular weight excluding hydrogens is 231 g/mol. The number of aromatic hydroxyl groups is 1. The van der Waals surface area contributed by atoms with Crippen LogP contribution in [0.15, 0.2) is 18.2 Å². The molecule has 0 amide bonds. The van der Waals surface area contributed by atoms with Crippen LogP contribution in [0.25, 0.3) is 0 Å². The third-order valence-electron chi connectivity index (χ3n) is 3.08. The van der Waals surface area contributed by atoms with Gasteiger partial charge in [0, 0.05) is 0 Å². The smallest absolute Gasteiger partial charge is 0.416 e. The quantitative estimate of drug-likeness (QED) is 0.797. The molecule has 1 aromatic carbocycles. The zero-order valence-corrected chi connectivity index (χ0v) is 9.22. The van der Waals surface area contributed by atoms with Gasteiger partial charge in [-0.1, -0.05) is 0 Å². The van der Waals surface area contributed by atoms with Crippen molar-refractivity contribution in [1.29, 1.82) is 0 Å². The van der Waals surface area contributed by atoms with Crippen LogP contribution in [-0.2, 0) is 6.18 Å². The van der Waals surface area contributed by atoms with Gasteiger partial charge in [0.15, 0.2) is 0 Å². The summed E-state index contributed by atoms with van der Waals surface area (Å²) in [4.78, 5) is 0. The normalized spacial score (nSPS) is 18.3. The molecule has 0 saturated carbocycles. The van der Waals surface area contributed by atoms with Crippen LogP contribution >= 0.6 is 0 Å². The largest absolute Gasteiger partial charge is 0.508 e. The Kier molecular flexibility index (Phi) is 3.28. The average Bonchev–Trinajstić information content (AvgIpc) is 2.28. The summed E-state index contributed by atoms with van der Waals surface area (Å²) in [6, 6.07) is 3.35. The van der Waals surface area contributed by atoms with Crippen molar-refractivity contribution in [3.8, 4) is 5.75 Å². The predicted octanol–water partition coefficient (Wildman–Crippen LogP) is 2.88. The van der Waals surface area contributed by atoms with Crippen LogP contribution in [0, 0.1) is 0 Å². The number of benzene rings is 1. The summed E-state index contributed by atoms with van der Waals surface area (Å²) in [6.45, 7) is 1.61. The highest BCUT2D eigenvalue weighted by molar-refractivity contribution is 5.37. The number of hydrogen-bond acceptors (Lipinski definition) is 2. The van der Waals surface area contributed by atoms with Gasteiger partial charge in [-0.15, -0.1) is 0 Å². The molecule has 0 spiro atoms. The summed E-state index contributed by atoms with van der Waals surface area (Å²) in [5.74, 6) is -0.210. The molecule has 0 aromatic heterocycles. The molecule has 0 aliphatic carbocycles. The van der Waals surface area contributed by atoms with Crippen molar-refractivity contribution < 1.29 is 18.3 Å². The molecule has 0 unspecified atom stereocenters. The minimum absolute atomic E-state index is 0.101. The maximum absolute atomic E-state index is 12.6. The van der Waals surface area contributed by atoms with Crippen LogP contribution in [0.1, 0.15) is 29.9 Å². The first-order chi connectivity index (χ1) is 7.97. The number of phenolic OH excluding ortho intramolecular Hbond substituents is 1. The molecule has 1 fully saturated rings. The summed E-state index contributed by atoms with van der Waals surface area (Å²) in [5.41, 5.74) is -0.190. The van der Waals surface area contributed by atoms with Gasteiger partial charge in [-0.05, 0) is 55.6 Å². The lowest BCUT2D eigenvalue weighted by molar-refractivity contribution is -0.137. The topological polar surface area (TPSA) is 32.3 Å². The van der Waals surface area contributed by atoms with Crippen LogP contribution in [-0.4, -0.2) is 18.2 Å². The summed E-state index contributed by atoms with van der Waals surface area (Å²) in [5, 5.41) is 12.5. The molecule has 0 bridgehead atoms.